The van der Waals surface area contributed by atoms with Crippen molar-refractivity contribution in [3.63, 3.8) is 0 Å². The Bertz CT molecular complexity index is 360. The van der Waals surface area contributed by atoms with Crippen LogP contribution in [0, 0.1) is 0 Å². The third kappa shape index (κ3) is 5.70. The summed E-state index contributed by atoms with van der Waals surface area (Å²) in [5, 5.41) is -0.252. The maximum absolute atomic E-state index is 11.8. The fourth-order valence-electron chi connectivity index (χ4n) is 2.60. The number of sulfone groups is 1. The van der Waals surface area contributed by atoms with Gasteiger partial charge in [-0.3, -0.25) is 9.80 Å². The van der Waals surface area contributed by atoms with Crippen LogP contribution in [0.2, 0.25) is 0 Å². The number of rotatable bonds is 8. The van der Waals surface area contributed by atoms with E-state index in [1.807, 2.05) is 0 Å². The molecule has 1 unspecified atom stereocenters. The standard InChI is InChI=1S/C15H32N2O2S/c1-5-6-7-15(4)17-10-8-16(9-11-17)12-13-20(18,19)14(2)3/h14-15H,5-13H2,1-4H3. The molecule has 5 heteroatoms. The molecule has 0 radical (unpaired) electrons. The van der Waals surface area contributed by atoms with Gasteiger partial charge in [0, 0.05) is 38.8 Å². The van der Waals surface area contributed by atoms with Gasteiger partial charge in [-0.2, -0.15) is 0 Å². The molecule has 1 aliphatic rings. The lowest BCUT2D eigenvalue weighted by molar-refractivity contribution is 0.102. The quantitative estimate of drug-likeness (QED) is 0.688. The summed E-state index contributed by atoms with van der Waals surface area (Å²) < 4.78 is 23.7. The molecule has 0 aromatic rings. The second-order valence-corrected chi connectivity index (χ2v) is 8.96. The van der Waals surface area contributed by atoms with E-state index in [2.05, 4.69) is 23.6 Å². The van der Waals surface area contributed by atoms with Crippen LogP contribution in [0.3, 0.4) is 0 Å². The van der Waals surface area contributed by atoms with Crippen molar-refractivity contribution in [3.8, 4) is 0 Å². The van der Waals surface area contributed by atoms with Gasteiger partial charge >= 0.3 is 0 Å². The summed E-state index contributed by atoms with van der Waals surface area (Å²) in [5.41, 5.74) is 0. The van der Waals surface area contributed by atoms with E-state index in [-0.39, 0.29) is 5.25 Å². The molecule has 1 rings (SSSR count). The first-order chi connectivity index (χ1) is 9.36. The molecule has 0 bridgehead atoms. The van der Waals surface area contributed by atoms with Crippen LogP contribution in [0.15, 0.2) is 0 Å². The molecular formula is C15H32N2O2S. The van der Waals surface area contributed by atoms with Crippen LogP contribution in [-0.4, -0.2) is 68.0 Å². The molecule has 0 aliphatic carbocycles. The minimum absolute atomic E-state index is 0.252. The molecule has 20 heavy (non-hydrogen) atoms. The summed E-state index contributed by atoms with van der Waals surface area (Å²) in [6.45, 7) is 12.9. The molecule has 0 aromatic heterocycles. The van der Waals surface area contributed by atoms with Gasteiger partial charge in [0.05, 0.1) is 11.0 Å². The molecule has 0 amide bonds. The van der Waals surface area contributed by atoms with Crippen LogP contribution >= 0.6 is 0 Å². The molecule has 1 fully saturated rings. The monoisotopic (exact) mass is 304 g/mol. The highest BCUT2D eigenvalue weighted by molar-refractivity contribution is 7.92. The Morgan fingerprint density at radius 1 is 1.05 bits per heavy atom. The van der Waals surface area contributed by atoms with E-state index in [1.165, 1.54) is 19.3 Å². The lowest BCUT2D eigenvalue weighted by atomic mass is 10.1. The van der Waals surface area contributed by atoms with Crippen molar-refractivity contribution in [1.82, 2.24) is 9.80 Å². The SMILES string of the molecule is CCCCC(C)N1CCN(CCS(=O)(=O)C(C)C)CC1. The Hall–Kier alpha value is -0.130. The fraction of sp³-hybridized carbons (Fsp3) is 1.00. The van der Waals surface area contributed by atoms with Gasteiger partial charge in [0.2, 0.25) is 0 Å². The molecule has 1 atom stereocenters. The normalized spacial score (nSPS) is 20.4. The summed E-state index contributed by atoms with van der Waals surface area (Å²) in [5.74, 6) is 0.302. The zero-order chi connectivity index (χ0) is 15.2. The Kier molecular flexibility index (Phi) is 7.48. The van der Waals surface area contributed by atoms with E-state index < -0.39 is 9.84 Å². The zero-order valence-electron chi connectivity index (χ0n) is 13.6. The summed E-state index contributed by atoms with van der Waals surface area (Å²) in [4.78, 5) is 4.84. The van der Waals surface area contributed by atoms with E-state index in [9.17, 15) is 8.42 Å². The van der Waals surface area contributed by atoms with Gasteiger partial charge < -0.3 is 0 Å². The first-order valence-corrected chi connectivity index (χ1v) is 9.76. The molecule has 0 N–H and O–H groups in total. The molecule has 120 valence electrons. The third-order valence-corrected chi connectivity index (χ3v) is 6.60. The smallest absolute Gasteiger partial charge is 0.153 e. The van der Waals surface area contributed by atoms with Crippen LogP contribution in [-0.2, 0) is 9.84 Å². The van der Waals surface area contributed by atoms with E-state index in [4.69, 9.17) is 0 Å². The highest BCUT2D eigenvalue weighted by Crippen LogP contribution is 2.12. The molecule has 4 nitrogen and oxygen atoms in total. The van der Waals surface area contributed by atoms with Crippen molar-refractivity contribution < 1.29 is 8.42 Å². The second kappa shape index (κ2) is 8.35. The van der Waals surface area contributed by atoms with Gasteiger partial charge in [-0.1, -0.05) is 19.8 Å². The topological polar surface area (TPSA) is 40.6 Å². The predicted molar refractivity (Wildman–Crippen MR) is 85.9 cm³/mol. The van der Waals surface area contributed by atoms with Crippen LogP contribution < -0.4 is 0 Å². The third-order valence-electron chi connectivity index (χ3n) is 4.42. The van der Waals surface area contributed by atoms with Crippen LogP contribution in [0.4, 0.5) is 0 Å². The summed E-state index contributed by atoms with van der Waals surface area (Å²) in [6.07, 6.45) is 3.84. The minimum Gasteiger partial charge on any atom is -0.300 e. The molecule has 1 aliphatic heterocycles. The number of piperazine rings is 1. The lowest BCUT2D eigenvalue weighted by Crippen LogP contribution is -2.50. The zero-order valence-corrected chi connectivity index (χ0v) is 14.5. The maximum Gasteiger partial charge on any atom is 0.153 e. The molecule has 0 aromatic carbocycles. The number of hydrogen-bond donors (Lipinski definition) is 0. The van der Waals surface area contributed by atoms with Crippen molar-refractivity contribution in [3.05, 3.63) is 0 Å². The van der Waals surface area contributed by atoms with Crippen LogP contribution in [0.1, 0.15) is 47.0 Å². The van der Waals surface area contributed by atoms with E-state index in [0.717, 1.165) is 26.2 Å². The van der Waals surface area contributed by atoms with Crippen molar-refractivity contribution >= 4 is 9.84 Å². The number of unbranched alkanes of at least 4 members (excludes halogenated alkanes) is 1. The minimum atomic E-state index is -2.89. The van der Waals surface area contributed by atoms with Gasteiger partial charge in [-0.25, -0.2) is 8.42 Å². The highest BCUT2D eigenvalue weighted by atomic mass is 32.2. The Labute approximate surface area is 125 Å². The van der Waals surface area contributed by atoms with Crippen LogP contribution in [0.25, 0.3) is 0 Å². The first-order valence-electron chi connectivity index (χ1n) is 8.04. The van der Waals surface area contributed by atoms with E-state index in [0.29, 0.717) is 18.3 Å². The van der Waals surface area contributed by atoms with E-state index >= 15 is 0 Å². The lowest BCUT2D eigenvalue weighted by Gasteiger charge is -2.38. The Morgan fingerprint density at radius 3 is 2.15 bits per heavy atom. The van der Waals surface area contributed by atoms with Gasteiger partial charge in [0.1, 0.15) is 0 Å². The fourth-order valence-corrected chi connectivity index (χ4v) is 3.59. The molecule has 0 spiro atoms. The van der Waals surface area contributed by atoms with Crippen molar-refractivity contribution in [1.29, 1.82) is 0 Å². The van der Waals surface area contributed by atoms with Gasteiger partial charge in [0.25, 0.3) is 0 Å². The molecular weight excluding hydrogens is 272 g/mol. The van der Waals surface area contributed by atoms with Gasteiger partial charge in [-0.05, 0) is 27.2 Å². The summed E-state index contributed by atoms with van der Waals surface area (Å²) in [7, 11) is -2.89. The second-order valence-electron chi connectivity index (χ2n) is 6.28. The number of hydrogen-bond acceptors (Lipinski definition) is 4. The Morgan fingerprint density at radius 2 is 1.65 bits per heavy atom. The molecule has 1 saturated heterocycles. The van der Waals surface area contributed by atoms with Crippen molar-refractivity contribution in [2.75, 3.05) is 38.5 Å². The van der Waals surface area contributed by atoms with Gasteiger partial charge in [-0.15, -0.1) is 0 Å². The maximum atomic E-state index is 11.8. The van der Waals surface area contributed by atoms with E-state index in [1.54, 1.807) is 13.8 Å². The average Bonchev–Trinajstić information content (AvgIpc) is 2.43. The predicted octanol–water partition coefficient (Wildman–Crippen LogP) is 2.01. The summed E-state index contributed by atoms with van der Waals surface area (Å²) in [6, 6.07) is 0.663. The number of nitrogens with zero attached hydrogens (tertiary/aromatic N) is 2. The van der Waals surface area contributed by atoms with Crippen molar-refractivity contribution in [2.45, 2.75) is 58.2 Å². The average molecular weight is 305 g/mol. The van der Waals surface area contributed by atoms with Crippen molar-refractivity contribution in [2.24, 2.45) is 0 Å². The van der Waals surface area contributed by atoms with Crippen LogP contribution in [0.5, 0.6) is 0 Å². The molecule has 1 heterocycles. The molecule has 0 saturated carbocycles. The highest BCUT2D eigenvalue weighted by Gasteiger charge is 2.23. The Balaban J connectivity index is 2.29. The summed E-state index contributed by atoms with van der Waals surface area (Å²) >= 11 is 0. The first kappa shape index (κ1) is 17.9. The van der Waals surface area contributed by atoms with Gasteiger partial charge in [0.15, 0.2) is 9.84 Å². The largest absolute Gasteiger partial charge is 0.300 e.